The lowest BCUT2D eigenvalue weighted by Gasteiger charge is -2.27. The van der Waals surface area contributed by atoms with E-state index in [2.05, 4.69) is 15.5 Å². The van der Waals surface area contributed by atoms with Crippen molar-refractivity contribution in [2.75, 3.05) is 13.2 Å². The van der Waals surface area contributed by atoms with E-state index in [0.717, 1.165) is 36.5 Å². The third-order valence-electron chi connectivity index (χ3n) is 4.56. The SMILES string of the molecule is CCOc1ccc(C2CCCN2C(=O)NC(C)c2nncn2C)cc1. The summed E-state index contributed by atoms with van der Waals surface area (Å²) < 4.78 is 7.31. The number of benzene rings is 1. The number of nitrogens with one attached hydrogen (secondary N) is 1. The summed E-state index contributed by atoms with van der Waals surface area (Å²) in [5, 5.41) is 11.0. The van der Waals surface area contributed by atoms with Gasteiger partial charge in [-0.1, -0.05) is 12.1 Å². The molecule has 2 amide bonds. The van der Waals surface area contributed by atoms with Gasteiger partial charge in [0.1, 0.15) is 12.1 Å². The van der Waals surface area contributed by atoms with Crippen molar-refractivity contribution in [2.24, 2.45) is 7.05 Å². The second-order valence-electron chi connectivity index (χ2n) is 6.32. The summed E-state index contributed by atoms with van der Waals surface area (Å²) >= 11 is 0. The molecule has 1 aliphatic rings. The fourth-order valence-corrected chi connectivity index (χ4v) is 3.33. The molecule has 1 aromatic carbocycles. The Bertz CT molecular complexity index is 713. The van der Waals surface area contributed by atoms with Crippen LogP contribution in [0.1, 0.15) is 50.2 Å². The molecule has 134 valence electrons. The van der Waals surface area contributed by atoms with Crippen LogP contribution in [0.25, 0.3) is 0 Å². The maximum absolute atomic E-state index is 12.7. The molecule has 3 rings (SSSR count). The predicted octanol–water partition coefficient (Wildman–Crippen LogP) is 2.82. The van der Waals surface area contributed by atoms with Gasteiger partial charge in [-0.05, 0) is 44.4 Å². The summed E-state index contributed by atoms with van der Waals surface area (Å²) in [6, 6.07) is 7.88. The number of urea groups is 1. The number of carbonyl (C=O) groups excluding carboxylic acids is 1. The number of hydrogen-bond donors (Lipinski definition) is 1. The third-order valence-corrected chi connectivity index (χ3v) is 4.56. The van der Waals surface area contributed by atoms with Crippen molar-refractivity contribution in [2.45, 2.75) is 38.8 Å². The van der Waals surface area contributed by atoms with E-state index in [4.69, 9.17) is 4.74 Å². The topological polar surface area (TPSA) is 72.3 Å². The number of aryl methyl sites for hydroxylation is 1. The van der Waals surface area contributed by atoms with Crippen LogP contribution in [-0.2, 0) is 7.05 Å². The van der Waals surface area contributed by atoms with Gasteiger partial charge in [-0.2, -0.15) is 0 Å². The van der Waals surface area contributed by atoms with Crippen molar-refractivity contribution in [3.05, 3.63) is 42.0 Å². The third kappa shape index (κ3) is 3.75. The average Bonchev–Trinajstić information content (AvgIpc) is 3.24. The first-order valence-electron chi connectivity index (χ1n) is 8.74. The van der Waals surface area contributed by atoms with E-state index in [1.807, 2.05) is 54.6 Å². The number of carbonyl (C=O) groups is 1. The minimum atomic E-state index is -0.193. The highest BCUT2D eigenvalue weighted by Gasteiger charge is 2.31. The van der Waals surface area contributed by atoms with Crippen molar-refractivity contribution in [3.63, 3.8) is 0 Å². The van der Waals surface area contributed by atoms with Gasteiger partial charge in [0.05, 0.1) is 18.7 Å². The molecule has 1 aromatic heterocycles. The first-order valence-corrected chi connectivity index (χ1v) is 8.74. The van der Waals surface area contributed by atoms with Crippen LogP contribution in [0.4, 0.5) is 4.79 Å². The van der Waals surface area contributed by atoms with Gasteiger partial charge in [0, 0.05) is 13.6 Å². The smallest absolute Gasteiger partial charge is 0.318 e. The van der Waals surface area contributed by atoms with E-state index >= 15 is 0 Å². The Morgan fingerprint density at radius 1 is 1.40 bits per heavy atom. The average molecular weight is 343 g/mol. The molecule has 0 spiro atoms. The monoisotopic (exact) mass is 343 g/mol. The van der Waals surface area contributed by atoms with Crippen LogP contribution in [0, 0.1) is 0 Å². The molecule has 1 fully saturated rings. The van der Waals surface area contributed by atoms with Gasteiger partial charge in [0.15, 0.2) is 5.82 Å². The standard InChI is InChI=1S/C18H25N5O2/c1-4-25-15-9-7-14(8-10-15)16-6-5-11-23(16)18(24)20-13(2)17-21-19-12-22(17)3/h7-10,12-13,16H,4-6,11H2,1-3H3,(H,20,24). The number of aromatic nitrogens is 3. The quantitative estimate of drug-likeness (QED) is 0.906. The second-order valence-corrected chi connectivity index (χ2v) is 6.32. The molecule has 2 unspecified atom stereocenters. The summed E-state index contributed by atoms with van der Waals surface area (Å²) in [6.45, 7) is 5.30. The molecular formula is C18H25N5O2. The molecule has 25 heavy (non-hydrogen) atoms. The van der Waals surface area contributed by atoms with Gasteiger partial charge < -0.3 is 19.5 Å². The van der Waals surface area contributed by atoms with Crippen LogP contribution < -0.4 is 10.1 Å². The van der Waals surface area contributed by atoms with E-state index in [1.165, 1.54) is 0 Å². The highest BCUT2D eigenvalue weighted by Crippen LogP contribution is 2.33. The highest BCUT2D eigenvalue weighted by atomic mass is 16.5. The molecule has 2 heterocycles. The van der Waals surface area contributed by atoms with E-state index in [1.54, 1.807) is 6.33 Å². The van der Waals surface area contributed by atoms with E-state index in [0.29, 0.717) is 6.61 Å². The van der Waals surface area contributed by atoms with Crippen LogP contribution in [0.15, 0.2) is 30.6 Å². The summed E-state index contributed by atoms with van der Waals surface area (Å²) in [7, 11) is 1.87. The summed E-state index contributed by atoms with van der Waals surface area (Å²) in [6.07, 6.45) is 3.61. The zero-order valence-corrected chi connectivity index (χ0v) is 15.0. The van der Waals surface area contributed by atoms with Crippen LogP contribution in [0.2, 0.25) is 0 Å². The van der Waals surface area contributed by atoms with Crippen LogP contribution in [0.3, 0.4) is 0 Å². The maximum Gasteiger partial charge on any atom is 0.318 e. The van der Waals surface area contributed by atoms with Gasteiger partial charge in [-0.25, -0.2) is 4.79 Å². The molecular weight excluding hydrogens is 318 g/mol. The summed E-state index contributed by atoms with van der Waals surface area (Å²) in [5.74, 6) is 1.60. The molecule has 0 saturated carbocycles. The minimum absolute atomic E-state index is 0.0631. The number of ether oxygens (including phenoxy) is 1. The van der Waals surface area contributed by atoms with Crippen LogP contribution >= 0.6 is 0 Å². The van der Waals surface area contributed by atoms with Gasteiger partial charge in [-0.15, -0.1) is 10.2 Å². The minimum Gasteiger partial charge on any atom is -0.494 e. The molecule has 0 bridgehead atoms. The Labute approximate surface area is 148 Å². The van der Waals surface area contributed by atoms with Crippen molar-refractivity contribution in [1.29, 1.82) is 0 Å². The lowest BCUT2D eigenvalue weighted by Crippen LogP contribution is -2.41. The van der Waals surface area contributed by atoms with Crippen molar-refractivity contribution >= 4 is 6.03 Å². The zero-order chi connectivity index (χ0) is 17.8. The fraction of sp³-hybridized carbons (Fsp3) is 0.500. The maximum atomic E-state index is 12.7. The molecule has 0 aliphatic carbocycles. The number of hydrogen-bond acceptors (Lipinski definition) is 4. The summed E-state index contributed by atoms with van der Waals surface area (Å²) in [4.78, 5) is 14.7. The predicted molar refractivity (Wildman–Crippen MR) is 94.2 cm³/mol. The molecule has 7 nitrogen and oxygen atoms in total. The molecule has 7 heteroatoms. The fourth-order valence-electron chi connectivity index (χ4n) is 3.33. The Balaban J connectivity index is 1.68. The van der Waals surface area contributed by atoms with Gasteiger partial charge in [-0.3, -0.25) is 0 Å². The highest BCUT2D eigenvalue weighted by molar-refractivity contribution is 5.75. The second kappa shape index (κ2) is 7.55. The zero-order valence-electron chi connectivity index (χ0n) is 15.0. The summed E-state index contributed by atoms with van der Waals surface area (Å²) in [5.41, 5.74) is 1.14. The van der Waals surface area contributed by atoms with Gasteiger partial charge >= 0.3 is 6.03 Å². The Morgan fingerprint density at radius 3 is 2.80 bits per heavy atom. The van der Waals surface area contributed by atoms with Crippen molar-refractivity contribution < 1.29 is 9.53 Å². The molecule has 2 atom stereocenters. The number of nitrogens with zero attached hydrogens (tertiary/aromatic N) is 4. The molecule has 1 aliphatic heterocycles. The number of likely N-dealkylation sites (tertiary alicyclic amines) is 1. The Morgan fingerprint density at radius 2 is 2.16 bits per heavy atom. The molecule has 2 aromatic rings. The lowest BCUT2D eigenvalue weighted by atomic mass is 10.0. The first-order chi connectivity index (χ1) is 12.1. The number of amides is 2. The largest absolute Gasteiger partial charge is 0.494 e. The molecule has 0 radical (unpaired) electrons. The Hall–Kier alpha value is -2.57. The lowest BCUT2D eigenvalue weighted by molar-refractivity contribution is 0.189. The van der Waals surface area contributed by atoms with Gasteiger partial charge in [0.2, 0.25) is 0 Å². The van der Waals surface area contributed by atoms with Crippen LogP contribution in [0.5, 0.6) is 5.75 Å². The number of rotatable bonds is 5. The Kier molecular flexibility index (Phi) is 5.21. The van der Waals surface area contributed by atoms with Crippen LogP contribution in [-0.4, -0.2) is 38.8 Å². The van der Waals surface area contributed by atoms with E-state index < -0.39 is 0 Å². The van der Waals surface area contributed by atoms with E-state index in [-0.39, 0.29) is 18.1 Å². The van der Waals surface area contributed by atoms with E-state index in [9.17, 15) is 4.79 Å². The first kappa shape index (κ1) is 17.3. The van der Waals surface area contributed by atoms with Gasteiger partial charge in [0.25, 0.3) is 0 Å². The molecule has 1 saturated heterocycles. The molecule has 1 N–H and O–H groups in total. The normalized spacial score (nSPS) is 18.2. The van der Waals surface area contributed by atoms with Crippen molar-refractivity contribution in [3.8, 4) is 5.75 Å². The van der Waals surface area contributed by atoms with Crippen molar-refractivity contribution in [1.82, 2.24) is 25.0 Å².